The number of hydrazine groups is 1. The quantitative estimate of drug-likeness (QED) is 0.575. The lowest BCUT2D eigenvalue weighted by Crippen LogP contribution is -2.09. The number of nitrogen functional groups attached to an aromatic ring is 1. The van der Waals surface area contributed by atoms with Crippen molar-refractivity contribution in [3.05, 3.63) is 41.9 Å². The van der Waals surface area contributed by atoms with Gasteiger partial charge in [-0.05, 0) is 30.7 Å². The van der Waals surface area contributed by atoms with E-state index in [1.165, 1.54) is 0 Å². The maximum atomic E-state index is 5.28. The number of nitrogens with one attached hydrogen (secondary N) is 1. The van der Waals surface area contributed by atoms with Gasteiger partial charge in [0.2, 0.25) is 0 Å². The predicted octanol–water partition coefficient (Wildman–Crippen LogP) is 0.920. The molecule has 2 rings (SSSR count). The van der Waals surface area contributed by atoms with E-state index in [0.717, 1.165) is 17.8 Å². The topological polar surface area (TPSA) is 68.8 Å². The Balaban J connectivity index is 2.16. The van der Waals surface area contributed by atoms with Crippen molar-refractivity contribution in [2.75, 3.05) is 5.43 Å². The number of nitrogens with two attached hydrogens (primary N) is 1. The fourth-order valence-corrected chi connectivity index (χ4v) is 1.39. The molecule has 0 spiro atoms. The number of rotatable bonds is 3. The van der Waals surface area contributed by atoms with Gasteiger partial charge in [0.15, 0.2) is 0 Å². The zero-order chi connectivity index (χ0) is 10.7. The molecule has 0 saturated carbocycles. The van der Waals surface area contributed by atoms with Gasteiger partial charge in [0.05, 0.1) is 12.2 Å². The average Bonchev–Trinajstić information content (AvgIpc) is 2.64. The van der Waals surface area contributed by atoms with Gasteiger partial charge in [0, 0.05) is 12.4 Å². The molecule has 0 radical (unpaired) electrons. The molecule has 2 aromatic heterocycles. The van der Waals surface area contributed by atoms with Crippen LogP contribution in [0.1, 0.15) is 11.3 Å². The van der Waals surface area contributed by atoms with E-state index in [1.807, 2.05) is 36.0 Å². The summed E-state index contributed by atoms with van der Waals surface area (Å²) >= 11 is 0. The minimum atomic E-state index is 0.663. The lowest BCUT2D eigenvalue weighted by Gasteiger charge is -2.03. The van der Waals surface area contributed by atoms with Crippen LogP contribution in [-0.2, 0) is 6.54 Å². The summed E-state index contributed by atoms with van der Waals surface area (Å²) in [5, 5.41) is 4.31. The van der Waals surface area contributed by atoms with Crippen LogP contribution in [0.4, 0.5) is 5.82 Å². The number of aryl methyl sites for hydroxylation is 1. The van der Waals surface area contributed by atoms with Gasteiger partial charge in [-0.15, -0.1) is 0 Å². The first-order valence-electron chi connectivity index (χ1n) is 4.69. The first-order valence-corrected chi connectivity index (χ1v) is 4.69. The van der Waals surface area contributed by atoms with Gasteiger partial charge in [-0.25, -0.2) is 10.8 Å². The van der Waals surface area contributed by atoms with Crippen molar-refractivity contribution in [1.82, 2.24) is 14.8 Å². The van der Waals surface area contributed by atoms with E-state index in [-0.39, 0.29) is 0 Å². The summed E-state index contributed by atoms with van der Waals surface area (Å²) in [7, 11) is 0. The maximum absolute atomic E-state index is 5.28. The second kappa shape index (κ2) is 4.10. The standard InChI is InChI=1S/C10H13N5/c1-8-3-5-15(14-8)7-9-2-4-12-10(6-9)13-11/h2-6H,7,11H2,1H3,(H,12,13). The zero-order valence-corrected chi connectivity index (χ0v) is 8.51. The van der Waals surface area contributed by atoms with Crippen LogP contribution in [0.3, 0.4) is 0 Å². The Morgan fingerprint density at radius 2 is 2.33 bits per heavy atom. The second-order valence-electron chi connectivity index (χ2n) is 3.35. The molecule has 0 atom stereocenters. The number of pyridine rings is 1. The summed E-state index contributed by atoms with van der Waals surface area (Å²) < 4.78 is 1.88. The minimum Gasteiger partial charge on any atom is -0.308 e. The number of hydrogen-bond donors (Lipinski definition) is 2. The predicted molar refractivity (Wildman–Crippen MR) is 58.1 cm³/mol. The Hall–Kier alpha value is -1.88. The fourth-order valence-electron chi connectivity index (χ4n) is 1.39. The molecule has 3 N–H and O–H groups in total. The molecule has 0 unspecified atom stereocenters. The Kier molecular flexibility index (Phi) is 2.64. The lowest BCUT2D eigenvalue weighted by atomic mass is 10.2. The molecule has 78 valence electrons. The van der Waals surface area contributed by atoms with E-state index in [0.29, 0.717) is 5.82 Å². The summed E-state index contributed by atoms with van der Waals surface area (Å²) in [6.45, 7) is 2.70. The van der Waals surface area contributed by atoms with Gasteiger partial charge < -0.3 is 5.43 Å². The van der Waals surface area contributed by atoms with Crippen molar-refractivity contribution in [3.63, 3.8) is 0 Å². The van der Waals surface area contributed by atoms with Crippen LogP contribution in [-0.4, -0.2) is 14.8 Å². The first kappa shape index (κ1) is 9.67. The molecule has 0 bridgehead atoms. The van der Waals surface area contributed by atoms with Crippen LogP contribution in [0.25, 0.3) is 0 Å². The highest BCUT2D eigenvalue weighted by atomic mass is 15.3. The largest absolute Gasteiger partial charge is 0.308 e. The normalized spacial score (nSPS) is 10.3. The molecule has 0 saturated heterocycles. The van der Waals surface area contributed by atoms with Crippen LogP contribution >= 0.6 is 0 Å². The average molecular weight is 203 g/mol. The van der Waals surface area contributed by atoms with E-state index < -0.39 is 0 Å². The van der Waals surface area contributed by atoms with E-state index in [4.69, 9.17) is 5.84 Å². The van der Waals surface area contributed by atoms with E-state index >= 15 is 0 Å². The van der Waals surface area contributed by atoms with Gasteiger partial charge in [0.25, 0.3) is 0 Å². The Morgan fingerprint density at radius 1 is 1.47 bits per heavy atom. The highest BCUT2D eigenvalue weighted by Gasteiger charge is 1.98. The van der Waals surface area contributed by atoms with E-state index in [9.17, 15) is 0 Å². The van der Waals surface area contributed by atoms with Crippen molar-refractivity contribution in [3.8, 4) is 0 Å². The summed E-state index contributed by atoms with van der Waals surface area (Å²) in [6.07, 6.45) is 3.67. The third kappa shape index (κ3) is 2.32. The molecule has 5 heteroatoms. The van der Waals surface area contributed by atoms with Gasteiger partial charge in [0.1, 0.15) is 5.82 Å². The summed E-state index contributed by atoms with van der Waals surface area (Å²) in [4.78, 5) is 4.04. The Bertz CT molecular complexity index is 449. The number of aromatic nitrogens is 3. The monoisotopic (exact) mass is 203 g/mol. The Morgan fingerprint density at radius 3 is 3.00 bits per heavy atom. The van der Waals surface area contributed by atoms with Gasteiger partial charge in [-0.1, -0.05) is 0 Å². The van der Waals surface area contributed by atoms with Crippen molar-refractivity contribution in [2.45, 2.75) is 13.5 Å². The molecule has 0 aromatic carbocycles. The summed E-state index contributed by atoms with van der Waals surface area (Å²) in [5.41, 5.74) is 4.64. The van der Waals surface area contributed by atoms with Crippen LogP contribution in [0.15, 0.2) is 30.6 Å². The third-order valence-corrected chi connectivity index (χ3v) is 2.09. The van der Waals surface area contributed by atoms with E-state index in [1.54, 1.807) is 6.20 Å². The van der Waals surface area contributed by atoms with Crippen LogP contribution < -0.4 is 11.3 Å². The molecule has 2 heterocycles. The smallest absolute Gasteiger partial charge is 0.140 e. The Labute approximate surface area is 87.9 Å². The van der Waals surface area contributed by atoms with Crippen molar-refractivity contribution < 1.29 is 0 Å². The zero-order valence-electron chi connectivity index (χ0n) is 8.51. The van der Waals surface area contributed by atoms with Crippen LogP contribution in [0, 0.1) is 6.92 Å². The molecule has 0 amide bonds. The van der Waals surface area contributed by atoms with Crippen molar-refractivity contribution in [2.24, 2.45) is 5.84 Å². The van der Waals surface area contributed by atoms with Gasteiger partial charge in [-0.3, -0.25) is 4.68 Å². The SMILES string of the molecule is Cc1ccn(Cc2ccnc(NN)c2)n1. The number of hydrogen-bond acceptors (Lipinski definition) is 4. The minimum absolute atomic E-state index is 0.663. The molecule has 0 fully saturated rings. The molecular weight excluding hydrogens is 190 g/mol. The first-order chi connectivity index (χ1) is 7.28. The second-order valence-corrected chi connectivity index (χ2v) is 3.35. The molecule has 0 aliphatic rings. The number of anilines is 1. The molecule has 15 heavy (non-hydrogen) atoms. The molecule has 0 aliphatic heterocycles. The number of nitrogens with zero attached hydrogens (tertiary/aromatic N) is 3. The van der Waals surface area contributed by atoms with Crippen LogP contribution in [0.5, 0.6) is 0 Å². The highest BCUT2D eigenvalue weighted by Crippen LogP contribution is 2.07. The van der Waals surface area contributed by atoms with Gasteiger partial charge in [-0.2, -0.15) is 5.10 Å². The molecule has 2 aromatic rings. The van der Waals surface area contributed by atoms with Crippen LogP contribution in [0.2, 0.25) is 0 Å². The van der Waals surface area contributed by atoms with Crippen molar-refractivity contribution >= 4 is 5.82 Å². The molecule has 5 nitrogen and oxygen atoms in total. The maximum Gasteiger partial charge on any atom is 0.140 e. The highest BCUT2D eigenvalue weighted by molar-refractivity contribution is 5.35. The summed E-state index contributed by atoms with van der Waals surface area (Å²) in [6, 6.07) is 5.82. The molecular formula is C10H13N5. The fraction of sp³-hybridized carbons (Fsp3) is 0.200. The summed E-state index contributed by atoms with van der Waals surface area (Å²) in [5.74, 6) is 5.94. The third-order valence-electron chi connectivity index (χ3n) is 2.09. The molecule has 0 aliphatic carbocycles. The van der Waals surface area contributed by atoms with Crippen molar-refractivity contribution in [1.29, 1.82) is 0 Å². The van der Waals surface area contributed by atoms with E-state index in [2.05, 4.69) is 15.5 Å². The lowest BCUT2D eigenvalue weighted by molar-refractivity contribution is 0.679. The van der Waals surface area contributed by atoms with Gasteiger partial charge >= 0.3 is 0 Å².